The van der Waals surface area contributed by atoms with E-state index in [1.54, 1.807) is 19.2 Å². The number of nitrogens with one attached hydrogen (secondary N) is 2. The Morgan fingerprint density at radius 2 is 1.93 bits per heavy atom. The predicted molar refractivity (Wildman–Crippen MR) is 129 cm³/mol. The molecule has 0 aliphatic rings. The highest BCUT2D eigenvalue weighted by Crippen LogP contribution is 2.16. The number of primary sulfonamides is 1. The first kappa shape index (κ1) is 23.8. The van der Waals surface area contributed by atoms with Crippen LogP contribution in [0.4, 0.5) is 0 Å². The van der Waals surface area contributed by atoms with Crippen LogP contribution in [0.25, 0.3) is 11.3 Å². The number of nitrogens with zero attached hydrogens (tertiary/aromatic N) is 3. The van der Waals surface area contributed by atoms with Crippen LogP contribution in [-0.2, 0) is 23.1 Å². The molecule has 0 radical (unpaired) electrons. The maximum atomic E-state index is 11.5. The van der Waals surface area contributed by atoms with Gasteiger partial charge in [0.15, 0.2) is 5.96 Å². The van der Waals surface area contributed by atoms with Gasteiger partial charge in [-0.1, -0.05) is 42.5 Å². The Morgan fingerprint density at radius 1 is 1.20 bits per heavy atom. The minimum Gasteiger partial charge on any atom is -0.352 e. The van der Waals surface area contributed by atoms with Gasteiger partial charge in [-0.25, -0.2) is 18.5 Å². The summed E-state index contributed by atoms with van der Waals surface area (Å²) >= 11 is 0. The van der Waals surface area contributed by atoms with Crippen LogP contribution in [0.15, 0.2) is 70.7 Å². The van der Waals surface area contributed by atoms with Crippen molar-refractivity contribution in [3.05, 3.63) is 72.2 Å². The van der Waals surface area contributed by atoms with Crippen LogP contribution in [0.5, 0.6) is 0 Å². The number of nitrogens with two attached hydrogens (primary N) is 1. The molecule has 10 heteroatoms. The molecule has 0 aliphatic carbocycles. The third-order valence-corrected chi connectivity index (χ3v) is 5.26. The van der Waals surface area contributed by atoms with Crippen molar-refractivity contribution in [1.82, 2.24) is 20.2 Å². The molecule has 3 aromatic rings. The molecule has 1 aromatic heterocycles. The topological polar surface area (TPSA) is 116 Å². The lowest BCUT2D eigenvalue weighted by Gasteiger charge is -2.21. The molecule has 4 N–H and O–H groups in total. The van der Waals surface area contributed by atoms with Crippen LogP contribution in [-0.4, -0.2) is 43.3 Å². The number of sulfonamides is 1. The molecule has 0 bridgehead atoms. The van der Waals surface area contributed by atoms with E-state index in [2.05, 4.69) is 20.3 Å². The number of imidazole rings is 1. The third kappa shape index (κ3) is 6.28. The Kier molecular flexibility index (Phi) is 8.38. The van der Waals surface area contributed by atoms with E-state index in [0.717, 1.165) is 22.6 Å². The van der Waals surface area contributed by atoms with Gasteiger partial charge in [0.05, 0.1) is 23.3 Å². The Morgan fingerprint density at radius 3 is 2.60 bits per heavy atom. The number of benzene rings is 2. The molecule has 1 heterocycles. The van der Waals surface area contributed by atoms with Gasteiger partial charge >= 0.3 is 0 Å². The summed E-state index contributed by atoms with van der Waals surface area (Å²) in [4.78, 5) is 14.1. The van der Waals surface area contributed by atoms with Crippen LogP contribution >= 0.6 is 24.0 Å². The number of hydrogen-bond acceptors (Lipinski definition) is 4. The zero-order valence-corrected chi connectivity index (χ0v) is 19.9. The van der Waals surface area contributed by atoms with Crippen LogP contribution in [0.1, 0.15) is 11.4 Å². The smallest absolute Gasteiger partial charge is 0.238 e. The molecule has 0 aliphatic heterocycles. The van der Waals surface area contributed by atoms with Crippen molar-refractivity contribution < 1.29 is 8.42 Å². The SMILES string of the molecule is CN=C(NCc1cccc(S(N)(=O)=O)c1)N(C)Cc1ncc(-c2ccccc2)[nH]1.I. The molecule has 0 amide bonds. The van der Waals surface area contributed by atoms with Crippen LogP contribution in [0.3, 0.4) is 0 Å². The van der Waals surface area contributed by atoms with Crippen LogP contribution in [0, 0.1) is 0 Å². The minimum absolute atomic E-state index is 0. The molecule has 0 spiro atoms. The average molecular weight is 540 g/mol. The van der Waals surface area contributed by atoms with E-state index in [0.29, 0.717) is 19.0 Å². The molecule has 2 aromatic carbocycles. The molecular weight excluding hydrogens is 515 g/mol. The van der Waals surface area contributed by atoms with Crippen LogP contribution < -0.4 is 10.5 Å². The summed E-state index contributed by atoms with van der Waals surface area (Å²) in [5.74, 6) is 1.47. The second kappa shape index (κ2) is 10.5. The zero-order valence-electron chi connectivity index (χ0n) is 16.7. The fourth-order valence-corrected chi connectivity index (χ4v) is 3.49. The first-order valence-electron chi connectivity index (χ1n) is 8.99. The Bertz CT molecular complexity index is 1100. The molecule has 0 fully saturated rings. The fraction of sp³-hybridized carbons (Fsp3) is 0.200. The summed E-state index contributed by atoms with van der Waals surface area (Å²) in [6, 6.07) is 16.5. The van der Waals surface area contributed by atoms with Crippen molar-refractivity contribution in [3.8, 4) is 11.3 Å². The van der Waals surface area contributed by atoms with Crippen molar-refractivity contribution >= 4 is 40.0 Å². The average Bonchev–Trinajstić information content (AvgIpc) is 3.17. The van der Waals surface area contributed by atoms with Crippen molar-refractivity contribution in [2.45, 2.75) is 18.0 Å². The van der Waals surface area contributed by atoms with Crippen LogP contribution in [0.2, 0.25) is 0 Å². The summed E-state index contributed by atoms with van der Waals surface area (Å²) < 4.78 is 23.0. The fourth-order valence-electron chi connectivity index (χ4n) is 2.91. The van der Waals surface area contributed by atoms with Gasteiger partial charge in [0.1, 0.15) is 5.82 Å². The second-order valence-electron chi connectivity index (χ2n) is 6.56. The number of aliphatic imine (C=N–C) groups is 1. The van der Waals surface area contributed by atoms with Gasteiger partial charge in [-0.2, -0.15) is 0 Å². The summed E-state index contributed by atoms with van der Waals surface area (Å²) in [6.07, 6.45) is 1.81. The lowest BCUT2D eigenvalue weighted by Crippen LogP contribution is -2.38. The summed E-state index contributed by atoms with van der Waals surface area (Å²) in [5, 5.41) is 8.42. The molecule has 160 valence electrons. The maximum Gasteiger partial charge on any atom is 0.238 e. The standard InChI is InChI=1S/C20H24N6O2S.HI/c1-22-20(24-12-15-7-6-10-17(11-15)29(21,27)28)26(2)14-19-23-13-18(25-19)16-8-4-3-5-9-16;/h3-11,13H,12,14H2,1-2H3,(H,22,24)(H,23,25)(H2,21,27,28);1H. The quantitative estimate of drug-likeness (QED) is 0.253. The summed E-state index contributed by atoms with van der Waals surface area (Å²) in [7, 11) is -0.133. The van der Waals surface area contributed by atoms with E-state index in [1.807, 2.05) is 54.5 Å². The van der Waals surface area contributed by atoms with Gasteiger partial charge in [0.25, 0.3) is 0 Å². The highest BCUT2D eigenvalue weighted by atomic mass is 127. The molecule has 3 rings (SSSR count). The number of halogens is 1. The third-order valence-electron chi connectivity index (χ3n) is 4.35. The summed E-state index contributed by atoms with van der Waals surface area (Å²) in [5.41, 5.74) is 2.82. The van der Waals surface area contributed by atoms with E-state index in [4.69, 9.17) is 5.14 Å². The van der Waals surface area contributed by atoms with E-state index >= 15 is 0 Å². The highest BCUT2D eigenvalue weighted by Gasteiger charge is 2.11. The Labute approximate surface area is 193 Å². The molecule has 0 atom stereocenters. The van der Waals surface area contributed by atoms with Gasteiger partial charge in [0, 0.05) is 20.6 Å². The number of H-pyrrole nitrogens is 1. The highest BCUT2D eigenvalue weighted by molar-refractivity contribution is 14.0. The Balaban J connectivity index is 0.00000320. The van der Waals surface area contributed by atoms with Crippen molar-refractivity contribution in [1.29, 1.82) is 0 Å². The van der Waals surface area contributed by atoms with Gasteiger partial charge in [-0.3, -0.25) is 4.99 Å². The lowest BCUT2D eigenvalue weighted by atomic mass is 10.2. The van der Waals surface area contributed by atoms with Gasteiger partial charge in [-0.15, -0.1) is 24.0 Å². The monoisotopic (exact) mass is 540 g/mol. The van der Waals surface area contributed by atoms with E-state index in [1.165, 1.54) is 6.07 Å². The van der Waals surface area contributed by atoms with Crippen molar-refractivity contribution in [3.63, 3.8) is 0 Å². The number of rotatable bonds is 6. The minimum atomic E-state index is -3.73. The van der Waals surface area contributed by atoms with E-state index < -0.39 is 10.0 Å². The van der Waals surface area contributed by atoms with Crippen molar-refractivity contribution in [2.24, 2.45) is 10.1 Å². The van der Waals surface area contributed by atoms with Gasteiger partial charge in [0.2, 0.25) is 10.0 Å². The molecule has 0 saturated carbocycles. The Hall–Kier alpha value is -2.44. The lowest BCUT2D eigenvalue weighted by molar-refractivity contribution is 0.464. The first-order chi connectivity index (χ1) is 13.9. The molecule has 30 heavy (non-hydrogen) atoms. The normalized spacial score (nSPS) is 11.6. The second-order valence-corrected chi connectivity index (χ2v) is 8.12. The van der Waals surface area contributed by atoms with E-state index in [-0.39, 0.29) is 28.9 Å². The number of guanidine groups is 1. The van der Waals surface area contributed by atoms with E-state index in [9.17, 15) is 8.42 Å². The number of hydrogen-bond donors (Lipinski definition) is 3. The number of aromatic nitrogens is 2. The largest absolute Gasteiger partial charge is 0.352 e. The predicted octanol–water partition coefficient (Wildman–Crippen LogP) is 2.55. The first-order valence-corrected chi connectivity index (χ1v) is 10.5. The molecule has 0 saturated heterocycles. The zero-order chi connectivity index (χ0) is 20.9. The molecule has 8 nitrogen and oxygen atoms in total. The van der Waals surface area contributed by atoms with Gasteiger partial charge in [-0.05, 0) is 23.3 Å². The number of aromatic amines is 1. The molecular formula is C20H25IN6O2S. The summed E-state index contributed by atoms with van der Waals surface area (Å²) in [6.45, 7) is 0.942. The van der Waals surface area contributed by atoms with Gasteiger partial charge < -0.3 is 15.2 Å². The van der Waals surface area contributed by atoms with Crippen molar-refractivity contribution in [2.75, 3.05) is 14.1 Å². The molecule has 0 unspecified atom stereocenters. The maximum absolute atomic E-state index is 11.5.